The van der Waals surface area contributed by atoms with Gasteiger partial charge in [0, 0.05) is 25.0 Å². The SMILES string of the molecule is Nc1nc(C2CCOCC2)nc(C2CCCC2)c1I. The summed E-state index contributed by atoms with van der Waals surface area (Å²) in [6.07, 6.45) is 7.17. The molecular weight excluding hydrogens is 353 g/mol. The average Bonchev–Trinajstić information content (AvgIpc) is 2.96. The number of hydrogen-bond acceptors (Lipinski definition) is 4. The molecular formula is C14H20IN3O. The molecule has 5 heteroatoms. The second kappa shape index (κ2) is 5.91. The molecule has 3 rings (SSSR count). The molecule has 1 aliphatic carbocycles. The van der Waals surface area contributed by atoms with Crippen LogP contribution in [0.5, 0.6) is 0 Å². The second-order valence-corrected chi connectivity index (χ2v) is 6.61. The van der Waals surface area contributed by atoms with E-state index in [1.54, 1.807) is 0 Å². The summed E-state index contributed by atoms with van der Waals surface area (Å²) in [5.74, 6) is 2.63. The molecule has 0 bridgehead atoms. The van der Waals surface area contributed by atoms with Crippen molar-refractivity contribution in [2.45, 2.75) is 50.4 Å². The molecule has 0 amide bonds. The summed E-state index contributed by atoms with van der Waals surface area (Å²) in [4.78, 5) is 9.42. The summed E-state index contributed by atoms with van der Waals surface area (Å²) in [6, 6.07) is 0. The highest BCUT2D eigenvalue weighted by Crippen LogP contribution is 2.37. The number of aromatic nitrogens is 2. The molecule has 1 aliphatic heterocycles. The molecule has 0 atom stereocenters. The van der Waals surface area contributed by atoms with Gasteiger partial charge >= 0.3 is 0 Å². The topological polar surface area (TPSA) is 61.0 Å². The van der Waals surface area contributed by atoms with Gasteiger partial charge in [0.15, 0.2) is 0 Å². The largest absolute Gasteiger partial charge is 0.383 e. The number of hydrogen-bond donors (Lipinski definition) is 1. The van der Waals surface area contributed by atoms with E-state index in [-0.39, 0.29) is 0 Å². The van der Waals surface area contributed by atoms with Crippen LogP contribution in [0, 0.1) is 3.57 Å². The van der Waals surface area contributed by atoms with Crippen molar-refractivity contribution in [3.8, 4) is 0 Å². The van der Waals surface area contributed by atoms with Crippen LogP contribution in [-0.2, 0) is 4.74 Å². The lowest BCUT2D eigenvalue weighted by Gasteiger charge is -2.22. The van der Waals surface area contributed by atoms with Gasteiger partial charge in [-0.1, -0.05) is 12.8 Å². The van der Waals surface area contributed by atoms with Crippen molar-refractivity contribution < 1.29 is 4.74 Å². The van der Waals surface area contributed by atoms with Gasteiger partial charge in [0.05, 0.1) is 9.26 Å². The zero-order chi connectivity index (χ0) is 13.2. The lowest BCUT2D eigenvalue weighted by atomic mass is 9.98. The Morgan fingerprint density at radius 1 is 1.00 bits per heavy atom. The summed E-state index contributed by atoms with van der Waals surface area (Å²) < 4.78 is 6.49. The average molecular weight is 373 g/mol. The van der Waals surface area contributed by atoms with Crippen molar-refractivity contribution in [3.05, 3.63) is 15.1 Å². The molecule has 0 radical (unpaired) electrons. The maximum atomic E-state index is 6.11. The standard InChI is InChI=1S/C14H20IN3O/c15-11-12(9-3-1-2-4-9)17-14(18-13(11)16)10-5-7-19-8-6-10/h9-10H,1-8H2,(H2,16,17,18). The molecule has 1 aromatic rings. The minimum absolute atomic E-state index is 0.424. The van der Waals surface area contributed by atoms with E-state index in [1.165, 1.54) is 31.4 Å². The van der Waals surface area contributed by atoms with Crippen molar-refractivity contribution in [3.63, 3.8) is 0 Å². The predicted molar refractivity (Wildman–Crippen MR) is 83.2 cm³/mol. The molecule has 2 heterocycles. The Kier molecular flexibility index (Phi) is 4.21. The predicted octanol–water partition coefficient (Wildman–Crippen LogP) is 3.22. The van der Waals surface area contributed by atoms with E-state index < -0.39 is 0 Å². The molecule has 1 saturated carbocycles. The fourth-order valence-corrected chi connectivity index (χ4v) is 3.79. The lowest BCUT2D eigenvalue weighted by Crippen LogP contribution is -2.19. The van der Waals surface area contributed by atoms with Crippen LogP contribution in [-0.4, -0.2) is 23.2 Å². The van der Waals surface area contributed by atoms with E-state index in [0.29, 0.717) is 17.7 Å². The van der Waals surface area contributed by atoms with Gasteiger partial charge in [-0.2, -0.15) is 0 Å². The Labute approximate surface area is 127 Å². The minimum Gasteiger partial charge on any atom is -0.383 e. The molecule has 2 aliphatic rings. The van der Waals surface area contributed by atoms with Gasteiger partial charge in [-0.3, -0.25) is 0 Å². The molecule has 104 valence electrons. The summed E-state index contributed by atoms with van der Waals surface area (Å²) in [5.41, 5.74) is 7.31. The van der Waals surface area contributed by atoms with Crippen molar-refractivity contribution in [2.75, 3.05) is 18.9 Å². The highest BCUT2D eigenvalue weighted by atomic mass is 127. The zero-order valence-corrected chi connectivity index (χ0v) is 13.2. The van der Waals surface area contributed by atoms with Gasteiger partial charge < -0.3 is 10.5 Å². The third-order valence-corrected chi connectivity index (χ3v) is 5.35. The second-order valence-electron chi connectivity index (χ2n) is 5.53. The number of rotatable bonds is 2. The Hall–Kier alpha value is -0.430. The summed E-state index contributed by atoms with van der Waals surface area (Å²) in [7, 11) is 0. The summed E-state index contributed by atoms with van der Waals surface area (Å²) in [5, 5.41) is 0. The first-order chi connectivity index (χ1) is 9.25. The molecule has 1 aromatic heterocycles. The normalized spacial score (nSPS) is 21.9. The summed E-state index contributed by atoms with van der Waals surface area (Å²) in [6.45, 7) is 1.64. The Morgan fingerprint density at radius 3 is 2.37 bits per heavy atom. The van der Waals surface area contributed by atoms with Crippen LogP contribution in [0.3, 0.4) is 0 Å². The minimum atomic E-state index is 0.424. The number of halogens is 1. The van der Waals surface area contributed by atoms with Crippen LogP contribution in [0.1, 0.15) is 61.9 Å². The molecule has 0 aromatic carbocycles. The number of nitrogens with zero attached hydrogens (tertiary/aromatic N) is 2. The molecule has 0 spiro atoms. The van der Waals surface area contributed by atoms with E-state index in [1.807, 2.05) is 0 Å². The van der Waals surface area contributed by atoms with E-state index in [9.17, 15) is 0 Å². The molecule has 2 N–H and O–H groups in total. The van der Waals surface area contributed by atoms with Crippen molar-refractivity contribution >= 4 is 28.4 Å². The van der Waals surface area contributed by atoms with Crippen LogP contribution in [0.25, 0.3) is 0 Å². The molecule has 1 saturated heterocycles. The fraction of sp³-hybridized carbons (Fsp3) is 0.714. The smallest absolute Gasteiger partial charge is 0.140 e. The van der Waals surface area contributed by atoms with Crippen LogP contribution in [0.4, 0.5) is 5.82 Å². The zero-order valence-electron chi connectivity index (χ0n) is 11.1. The van der Waals surface area contributed by atoms with Gasteiger partial charge in [0.1, 0.15) is 11.6 Å². The Balaban J connectivity index is 1.92. The molecule has 19 heavy (non-hydrogen) atoms. The third-order valence-electron chi connectivity index (χ3n) is 4.25. The van der Waals surface area contributed by atoms with Crippen LogP contribution in [0.2, 0.25) is 0 Å². The first-order valence-electron chi connectivity index (χ1n) is 7.16. The monoisotopic (exact) mass is 373 g/mol. The Bertz CT molecular complexity index is 454. The van der Waals surface area contributed by atoms with Crippen LogP contribution < -0.4 is 5.73 Å². The highest BCUT2D eigenvalue weighted by molar-refractivity contribution is 14.1. The number of nitrogens with two attached hydrogens (primary N) is 1. The third kappa shape index (κ3) is 2.86. The molecule has 0 unspecified atom stereocenters. The van der Waals surface area contributed by atoms with Crippen LogP contribution >= 0.6 is 22.6 Å². The molecule has 4 nitrogen and oxygen atoms in total. The van der Waals surface area contributed by atoms with E-state index in [2.05, 4.69) is 27.6 Å². The first-order valence-corrected chi connectivity index (χ1v) is 8.24. The lowest BCUT2D eigenvalue weighted by molar-refractivity contribution is 0.0835. The van der Waals surface area contributed by atoms with Crippen molar-refractivity contribution in [2.24, 2.45) is 0 Å². The number of ether oxygens (including phenoxy) is 1. The maximum absolute atomic E-state index is 6.11. The number of nitrogen functional groups attached to an aromatic ring is 1. The fourth-order valence-electron chi connectivity index (χ4n) is 3.11. The quantitative estimate of drug-likeness (QED) is 0.809. The van der Waals surface area contributed by atoms with Gasteiger partial charge in [0.2, 0.25) is 0 Å². The van der Waals surface area contributed by atoms with Gasteiger partial charge in [-0.05, 0) is 48.3 Å². The van der Waals surface area contributed by atoms with Crippen molar-refractivity contribution in [1.82, 2.24) is 9.97 Å². The van der Waals surface area contributed by atoms with Gasteiger partial charge in [-0.25, -0.2) is 9.97 Å². The van der Waals surface area contributed by atoms with Crippen LogP contribution in [0.15, 0.2) is 0 Å². The number of anilines is 1. The molecule has 2 fully saturated rings. The van der Waals surface area contributed by atoms with E-state index in [4.69, 9.17) is 15.5 Å². The van der Waals surface area contributed by atoms with E-state index in [0.717, 1.165) is 35.4 Å². The van der Waals surface area contributed by atoms with Gasteiger partial charge in [-0.15, -0.1) is 0 Å². The highest BCUT2D eigenvalue weighted by Gasteiger charge is 2.26. The summed E-state index contributed by atoms with van der Waals surface area (Å²) >= 11 is 2.31. The Morgan fingerprint density at radius 2 is 1.68 bits per heavy atom. The maximum Gasteiger partial charge on any atom is 0.140 e. The van der Waals surface area contributed by atoms with Crippen molar-refractivity contribution in [1.29, 1.82) is 0 Å². The van der Waals surface area contributed by atoms with E-state index >= 15 is 0 Å². The first kappa shape index (κ1) is 13.5. The van der Waals surface area contributed by atoms with Gasteiger partial charge in [0.25, 0.3) is 0 Å².